The van der Waals surface area contributed by atoms with Crippen molar-refractivity contribution in [3.05, 3.63) is 64.4 Å². The maximum atomic E-state index is 12.7. The van der Waals surface area contributed by atoms with Crippen molar-refractivity contribution in [3.8, 4) is 11.3 Å². The second-order valence-electron chi connectivity index (χ2n) is 8.74. The van der Waals surface area contributed by atoms with Crippen LogP contribution in [0.4, 0.5) is 0 Å². The van der Waals surface area contributed by atoms with Crippen LogP contribution < -0.4 is 5.32 Å². The molecule has 8 nitrogen and oxygen atoms in total. The third-order valence-corrected chi connectivity index (χ3v) is 6.00. The van der Waals surface area contributed by atoms with Gasteiger partial charge in [-0.2, -0.15) is 5.10 Å². The van der Waals surface area contributed by atoms with E-state index in [0.717, 1.165) is 47.5 Å². The van der Waals surface area contributed by atoms with Gasteiger partial charge in [0.2, 0.25) is 0 Å². The number of carbonyl (C=O) groups excluding carboxylic acids is 2. The molecule has 172 valence electrons. The molecule has 0 unspecified atom stereocenters. The first-order valence-electron chi connectivity index (χ1n) is 11.3. The number of nitrogens with one attached hydrogen (secondary N) is 1. The van der Waals surface area contributed by atoms with Crippen LogP contribution in [0.25, 0.3) is 11.3 Å². The molecule has 0 radical (unpaired) electrons. The normalized spacial score (nSPS) is 13.1. The van der Waals surface area contributed by atoms with Gasteiger partial charge in [0.1, 0.15) is 11.5 Å². The van der Waals surface area contributed by atoms with Crippen LogP contribution in [-0.4, -0.2) is 50.6 Å². The standard InChI is InChI=1S/C25H30N6O2/c1-6-20-15(2)22(31(5)29-20)24(32)27-13-16-7-9-17(10-8-16)21-19(25(33)30(3)4)14-26-23(28-21)18-11-12-18/h7-10,14,18H,6,11-13H2,1-5H3,(H,27,32). The number of aryl methyl sites for hydroxylation is 2. The lowest BCUT2D eigenvalue weighted by Crippen LogP contribution is -2.25. The van der Waals surface area contributed by atoms with E-state index in [1.807, 2.05) is 38.1 Å². The predicted molar refractivity (Wildman–Crippen MR) is 126 cm³/mol. The van der Waals surface area contributed by atoms with E-state index < -0.39 is 0 Å². The van der Waals surface area contributed by atoms with Crippen LogP contribution in [0.15, 0.2) is 30.5 Å². The summed E-state index contributed by atoms with van der Waals surface area (Å²) >= 11 is 0. The molecule has 0 saturated heterocycles. The Bertz CT molecular complexity index is 1190. The number of hydrogen-bond acceptors (Lipinski definition) is 5. The van der Waals surface area contributed by atoms with Crippen molar-refractivity contribution in [2.75, 3.05) is 14.1 Å². The van der Waals surface area contributed by atoms with Crippen molar-refractivity contribution in [2.45, 2.75) is 45.6 Å². The van der Waals surface area contributed by atoms with Crippen molar-refractivity contribution in [3.63, 3.8) is 0 Å². The van der Waals surface area contributed by atoms with Gasteiger partial charge in [0.05, 0.1) is 17.0 Å². The fourth-order valence-electron chi connectivity index (χ4n) is 3.94. The minimum absolute atomic E-state index is 0.123. The van der Waals surface area contributed by atoms with Crippen molar-refractivity contribution in [1.82, 2.24) is 30.0 Å². The minimum atomic E-state index is -0.144. The molecule has 1 fully saturated rings. The number of aromatic nitrogens is 4. The highest BCUT2D eigenvalue weighted by atomic mass is 16.2. The van der Waals surface area contributed by atoms with Crippen molar-refractivity contribution >= 4 is 11.8 Å². The first-order valence-corrected chi connectivity index (χ1v) is 11.3. The van der Waals surface area contributed by atoms with Crippen LogP contribution in [-0.2, 0) is 20.0 Å². The summed E-state index contributed by atoms with van der Waals surface area (Å²) in [6.07, 6.45) is 4.62. The molecule has 0 spiro atoms. The van der Waals surface area contributed by atoms with Crippen molar-refractivity contribution in [2.24, 2.45) is 7.05 Å². The molecule has 2 aromatic heterocycles. The molecule has 8 heteroatoms. The number of hydrogen-bond donors (Lipinski definition) is 1. The number of nitrogens with zero attached hydrogens (tertiary/aromatic N) is 5. The van der Waals surface area contributed by atoms with E-state index >= 15 is 0 Å². The first kappa shape index (κ1) is 22.6. The summed E-state index contributed by atoms with van der Waals surface area (Å²) < 4.78 is 1.64. The minimum Gasteiger partial charge on any atom is -0.347 e. The van der Waals surface area contributed by atoms with Gasteiger partial charge in [0.25, 0.3) is 11.8 Å². The van der Waals surface area contributed by atoms with E-state index in [2.05, 4.69) is 15.4 Å². The van der Waals surface area contributed by atoms with Crippen LogP contribution in [0.2, 0.25) is 0 Å². The highest BCUT2D eigenvalue weighted by molar-refractivity contribution is 5.99. The zero-order valence-corrected chi connectivity index (χ0v) is 19.8. The molecule has 0 aliphatic heterocycles. The first-order chi connectivity index (χ1) is 15.8. The summed E-state index contributed by atoms with van der Waals surface area (Å²) in [5, 5.41) is 7.41. The van der Waals surface area contributed by atoms with Crippen molar-refractivity contribution in [1.29, 1.82) is 0 Å². The molecular weight excluding hydrogens is 416 g/mol. The van der Waals surface area contributed by atoms with Gasteiger partial charge >= 0.3 is 0 Å². The van der Waals surface area contributed by atoms with E-state index in [4.69, 9.17) is 4.98 Å². The summed E-state index contributed by atoms with van der Waals surface area (Å²) in [6, 6.07) is 7.78. The molecule has 3 aromatic rings. The Morgan fingerprint density at radius 2 is 1.88 bits per heavy atom. The van der Waals surface area contributed by atoms with Crippen LogP contribution in [0, 0.1) is 6.92 Å². The third kappa shape index (κ3) is 4.65. The second-order valence-corrected chi connectivity index (χ2v) is 8.74. The molecular formula is C25H30N6O2. The summed E-state index contributed by atoms with van der Waals surface area (Å²) in [4.78, 5) is 36.1. The fraction of sp³-hybridized carbons (Fsp3) is 0.400. The Labute approximate surface area is 194 Å². The van der Waals surface area contributed by atoms with Crippen LogP contribution in [0.5, 0.6) is 0 Å². The molecule has 1 saturated carbocycles. The lowest BCUT2D eigenvalue weighted by atomic mass is 10.0. The van der Waals surface area contributed by atoms with Gasteiger partial charge in [-0.3, -0.25) is 14.3 Å². The number of carbonyl (C=O) groups is 2. The monoisotopic (exact) mass is 446 g/mol. The Kier molecular flexibility index (Phi) is 6.26. The molecule has 0 bridgehead atoms. The number of benzene rings is 1. The molecule has 1 N–H and O–H groups in total. The Balaban J connectivity index is 1.53. The van der Waals surface area contributed by atoms with E-state index in [1.165, 1.54) is 4.90 Å². The zero-order chi connectivity index (χ0) is 23.7. The topological polar surface area (TPSA) is 93.0 Å². The number of amides is 2. The average Bonchev–Trinajstić information content (AvgIpc) is 3.62. The molecule has 2 amide bonds. The maximum absolute atomic E-state index is 12.7. The number of rotatable bonds is 7. The summed E-state index contributed by atoms with van der Waals surface area (Å²) in [5.74, 6) is 0.928. The van der Waals surface area contributed by atoms with Crippen molar-refractivity contribution < 1.29 is 9.59 Å². The van der Waals surface area contributed by atoms with Gasteiger partial charge < -0.3 is 10.2 Å². The van der Waals surface area contributed by atoms with Gasteiger partial charge in [-0.15, -0.1) is 0 Å². The maximum Gasteiger partial charge on any atom is 0.270 e. The summed E-state index contributed by atoms with van der Waals surface area (Å²) in [6.45, 7) is 4.35. The third-order valence-electron chi connectivity index (χ3n) is 6.00. The smallest absolute Gasteiger partial charge is 0.270 e. The second kappa shape index (κ2) is 9.13. The largest absolute Gasteiger partial charge is 0.347 e. The average molecular weight is 447 g/mol. The lowest BCUT2D eigenvalue weighted by molar-refractivity contribution is 0.0827. The van der Waals surface area contributed by atoms with E-state index in [-0.39, 0.29) is 11.8 Å². The quantitative estimate of drug-likeness (QED) is 0.601. The Hall–Kier alpha value is -3.55. The zero-order valence-electron chi connectivity index (χ0n) is 19.8. The fourth-order valence-corrected chi connectivity index (χ4v) is 3.94. The van der Waals surface area contributed by atoms with Crippen LogP contribution >= 0.6 is 0 Å². The molecule has 1 aliphatic carbocycles. The summed E-state index contributed by atoms with van der Waals surface area (Å²) in [7, 11) is 5.24. The van der Waals surface area contributed by atoms with E-state index in [0.29, 0.717) is 29.4 Å². The Morgan fingerprint density at radius 3 is 2.45 bits per heavy atom. The molecule has 33 heavy (non-hydrogen) atoms. The summed E-state index contributed by atoms with van der Waals surface area (Å²) in [5.41, 5.74) is 5.40. The molecule has 1 aromatic carbocycles. The van der Waals surface area contributed by atoms with Gasteiger partial charge in [0.15, 0.2) is 0 Å². The van der Waals surface area contributed by atoms with Gasteiger partial charge in [-0.1, -0.05) is 31.2 Å². The van der Waals surface area contributed by atoms with Gasteiger partial charge in [0, 0.05) is 50.9 Å². The van der Waals surface area contributed by atoms with Crippen LogP contribution in [0.3, 0.4) is 0 Å². The van der Waals surface area contributed by atoms with Gasteiger partial charge in [-0.05, 0) is 31.7 Å². The van der Waals surface area contributed by atoms with E-state index in [1.54, 1.807) is 32.0 Å². The molecule has 4 rings (SSSR count). The molecule has 1 aliphatic rings. The Morgan fingerprint density at radius 1 is 1.18 bits per heavy atom. The predicted octanol–water partition coefficient (Wildman–Crippen LogP) is 3.26. The highest BCUT2D eigenvalue weighted by Crippen LogP contribution is 2.39. The SMILES string of the molecule is CCc1nn(C)c(C(=O)NCc2ccc(-c3nc(C4CC4)ncc3C(=O)N(C)C)cc2)c1C. The van der Waals surface area contributed by atoms with Gasteiger partial charge in [-0.25, -0.2) is 9.97 Å². The molecule has 2 heterocycles. The lowest BCUT2D eigenvalue weighted by Gasteiger charge is -2.14. The van der Waals surface area contributed by atoms with Crippen LogP contribution in [0.1, 0.15) is 69.2 Å². The molecule has 0 atom stereocenters. The van der Waals surface area contributed by atoms with E-state index in [9.17, 15) is 9.59 Å². The highest BCUT2D eigenvalue weighted by Gasteiger charge is 2.28.